The van der Waals surface area contributed by atoms with Crippen LogP contribution in [0.1, 0.15) is 23.5 Å². The van der Waals surface area contributed by atoms with Crippen LogP contribution in [0.3, 0.4) is 0 Å². The first-order chi connectivity index (χ1) is 9.20. The van der Waals surface area contributed by atoms with Crippen LogP contribution >= 0.6 is 0 Å². The number of aliphatic hydroxyl groups is 1. The lowest BCUT2D eigenvalue weighted by Gasteiger charge is -2.15. The van der Waals surface area contributed by atoms with Gasteiger partial charge in [0.1, 0.15) is 11.9 Å². The fourth-order valence-corrected chi connectivity index (χ4v) is 2.29. The van der Waals surface area contributed by atoms with E-state index in [1.807, 2.05) is 24.3 Å². The number of hydrogen-bond acceptors (Lipinski definition) is 5. The Morgan fingerprint density at radius 2 is 2.05 bits per heavy atom. The molecule has 0 fully saturated rings. The highest BCUT2D eigenvalue weighted by molar-refractivity contribution is 5.35. The van der Waals surface area contributed by atoms with Crippen LogP contribution in [0.4, 0.5) is 5.82 Å². The highest BCUT2D eigenvalue weighted by Crippen LogP contribution is 2.38. The molecule has 1 aliphatic heterocycles. The van der Waals surface area contributed by atoms with E-state index in [0.29, 0.717) is 0 Å². The number of hydrogen-bond donors (Lipinski definition) is 2. The van der Waals surface area contributed by atoms with Gasteiger partial charge in [-0.15, -0.1) is 0 Å². The van der Waals surface area contributed by atoms with E-state index >= 15 is 0 Å². The fourth-order valence-electron chi connectivity index (χ4n) is 2.29. The SMILES string of the molecule is Nc1ccn([C@H]2O[C@H](CO)c3ccccc32)c(=O)n1. The molecular weight excluding hydrogens is 246 g/mol. The standard InChI is InChI=1S/C13H13N3O3/c14-11-5-6-16(13(18)15-11)12-9-4-2-1-3-8(9)10(7-17)19-12/h1-6,10,12,17H,7H2,(H2,14,15,18)/t10-,12+/m1/s1. The normalized spacial score (nSPS) is 21.3. The largest absolute Gasteiger partial charge is 0.393 e. The van der Waals surface area contributed by atoms with Gasteiger partial charge in [-0.25, -0.2) is 4.79 Å². The highest BCUT2D eigenvalue weighted by atomic mass is 16.5. The molecule has 2 atom stereocenters. The summed E-state index contributed by atoms with van der Waals surface area (Å²) in [6.07, 6.45) is 0.547. The van der Waals surface area contributed by atoms with Crippen LogP contribution in [-0.2, 0) is 4.74 Å². The molecule has 98 valence electrons. The van der Waals surface area contributed by atoms with E-state index in [-0.39, 0.29) is 12.4 Å². The summed E-state index contributed by atoms with van der Waals surface area (Å²) in [5.41, 5.74) is 6.74. The van der Waals surface area contributed by atoms with E-state index < -0.39 is 18.0 Å². The zero-order chi connectivity index (χ0) is 13.4. The molecule has 0 saturated carbocycles. The predicted molar refractivity (Wildman–Crippen MR) is 68.4 cm³/mol. The smallest absolute Gasteiger partial charge is 0.351 e. The Morgan fingerprint density at radius 1 is 1.32 bits per heavy atom. The molecule has 1 aliphatic rings. The average molecular weight is 259 g/mol. The number of nitrogens with two attached hydrogens (primary N) is 1. The van der Waals surface area contributed by atoms with Gasteiger partial charge in [-0.3, -0.25) is 4.57 Å². The molecule has 1 aromatic heterocycles. The molecule has 1 aromatic carbocycles. The van der Waals surface area contributed by atoms with Crippen molar-refractivity contribution in [2.24, 2.45) is 0 Å². The molecule has 0 amide bonds. The van der Waals surface area contributed by atoms with E-state index in [0.717, 1.165) is 11.1 Å². The molecule has 3 rings (SSSR count). The van der Waals surface area contributed by atoms with Crippen molar-refractivity contribution in [3.05, 3.63) is 58.1 Å². The van der Waals surface area contributed by atoms with Crippen molar-refractivity contribution in [2.45, 2.75) is 12.3 Å². The zero-order valence-electron chi connectivity index (χ0n) is 10.1. The van der Waals surface area contributed by atoms with Gasteiger partial charge in [-0.05, 0) is 11.6 Å². The minimum absolute atomic E-state index is 0.134. The second kappa shape index (κ2) is 4.49. The van der Waals surface area contributed by atoms with Crippen molar-refractivity contribution in [2.75, 3.05) is 12.3 Å². The van der Waals surface area contributed by atoms with Gasteiger partial charge in [0.15, 0.2) is 6.23 Å². The van der Waals surface area contributed by atoms with E-state index in [2.05, 4.69) is 4.98 Å². The first kappa shape index (κ1) is 11.9. The van der Waals surface area contributed by atoms with E-state index in [1.165, 1.54) is 4.57 Å². The zero-order valence-corrected chi connectivity index (χ0v) is 10.1. The molecule has 19 heavy (non-hydrogen) atoms. The summed E-state index contributed by atoms with van der Waals surface area (Å²) in [5.74, 6) is 0.172. The van der Waals surface area contributed by atoms with Crippen molar-refractivity contribution in [1.29, 1.82) is 0 Å². The number of fused-ring (bicyclic) bond motifs is 1. The summed E-state index contributed by atoms with van der Waals surface area (Å²) in [5, 5.41) is 9.34. The topological polar surface area (TPSA) is 90.4 Å². The maximum absolute atomic E-state index is 11.9. The summed E-state index contributed by atoms with van der Waals surface area (Å²) < 4.78 is 7.09. The van der Waals surface area contributed by atoms with Crippen LogP contribution in [0.15, 0.2) is 41.3 Å². The van der Waals surface area contributed by atoms with Gasteiger partial charge in [0.25, 0.3) is 0 Å². The quantitative estimate of drug-likeness (QED) is 0.816. The molecule has 3 N–H and O–H groups in total. The Balaban J connectivity index is 2.10. The monoisotopic (exact) mass is 259 g/mol. The lowest BCUT2D eigenvalue weighted by Crippen LogP contribution is -2.27. The summed E-state index contributed by atoms with van der Waals surface area (Å²) in [6.45, 7) is -0.134. The number of anilines is 1. The van der Waals surface area contributed by atoms with Gasteiger partial charge in [0.2, 0.25) is 0 Å². The Kier molecular flexibility index (Phi) is 2.81. The van der Waals surface area contributed by atoms with Gasteiger partial charge in [-0.1, -0.05) is 24.3 Å². The first-order valence-corrected chi connectivity index (χ1v) is 5.90. The number of nitrogen functional groups attached to an aromatic ring is 1. The van der Waals surface area contributed by atoms with E-state index in [4.69, 9.17) is 10.5 Å². The Bertz CT molecular complexity index is 668. The van der Waals surface area contributed by atoms with Crippen LogP contribution in [0.2, 0.25) is 0 Å². The molecule has 0 unspecified atom stereocenters. The number of rotatable bonds is 2. The molecule has 6 nitrogen and oxygen atoms in total. The van der Waals surface area contributed by atoms with Crippen LogP contribution in [0.25, 0.3) is 0 Å². The molecule has 2 heterocycles. The third kappa shape index (κ3) is 1.91. The predicted octanol–water partition coefficient (Wildman–Crippen LogP) is 0.436. The van der Waals surface area contributed by atoms with Crippen LogP contribution < -0.4 is 11.4 Å². The fraction of sp³-hybridized carbons (Fsp3) is 0.231. The summed E-state index contributed by atoms with van der Waals surface area (Å²) in [4.78, 5) is 15.5. The molecule has 6 heteroatoms. The maximum Gasteiger partial charge on any atom is 0.351 e. The summed E-state index contributed by atoms with van der Waals surface area (Å²) >= 11 is 0. The van der Waals surface area contributed by atoms with Gasteiger partial charge in [0.05, 0.1) is 6.61 Å². The minimum atomic E-state index is -0.575. The number of aromatic nitrogens is 2. The molecule has 0 saturated heterocycles. The van der Waals surface area contributed by atoms with Crippen molar-refractivity contribution in [1.82, 2.24) is 9.55 Å². The van der Waals surface area contributed by atoms with Crippen LogP contribution in [-0.4, -0.2) is 21.3 Å². The second-order valence-corrected chi connectivity index (χ2v) is 4.33. The second-order valence-electron chi connectivity index (χ2n) is 4.33. The Hall–Kier alpha value is -2.18. The molecule has 0 spiro atoms. The van der Waals surface area contributed by atoms with E-state index in [1.54, 1.807) is 12.3 Å². The molecular formula is C13H13N3O3. The maximum atomic E-state index is 11.9. The Morgan fingerprint density at radius 3 is 2.74 bits per heavy atom. The third-order valence-corrected chi connectivity index (χ3v) is 3.17. The van der Waals surface area contributed by atoms with Crippen LogP contribution in [0, 0.1) is 0 Å². The van der Waals surface area contributed by atoms with Crippen molar-refractivity contribution < 1.29 is 9.84 Å². The van der Waals surface area contributed by atoms with Gasteiger partial charge >= 0.3 is 5.69 Å². The van der Waals surface area contributed by atoms with Crippen molar-refractivity contribution in [3.63, 3.8) is 0 Å². The first-order valence-electron chi connectivity index (χ1n) is 5.90. The average Bonchev–Trinajstić information content (AvgIpc) is 2.78. The summed E-state index contributed by atoms with van der Waals surface area (Å²) in [6, 6.07) is 9.03. The highest BCUT2D eigenvalue weighted by Gasteiger charge is 2.32. The van der Waals surface area contributed by atoms with Gasteiger partial charge in [0, 0.05) is 11.8 Å². The Labute approximate surface area is 109 Å². The van der Waals surface area contributed by atoms with Gasteiger partial charge in [-0.2, -0.15) is 4.98 Å². The summed E-state index contributed by atoms with van der Waals surface area (Å²) in [7, 11) is 0. The molecule has 0 aliphatic carbocycles. The number of benzene rings is 1. The number of nitrogens with zero attached hydrogens (tertiary/aromatic N) is 2. The lowest BCUT2D eigenvalue weighted by atomic mass is 10.0. The third-order valence-electron chi connectivity index (χ3n) is 3.17. The van der Waals surface area contributed by atoms with Crippen molar-refractivity contribution in [3.8, 4) is 0 Å². The van der Waals surface area contributed by atoms with Gasteiger partial charge < -0.3 is 15.6 Å². The van der Waals surface area contributed by atoms with E-state index in [9.17, 15) is 9.90 Å². The van der Waals surface area contributed by atoms with Crippen molar-refractivity contribution >= 4 is 5.82 Å². The number of aliphatic hydroxyl groups excluding tert-OH is 1. The van der Waals surface area contributed by atoms with Crippen LogP contribution in [0.5, 0.6) is 0 Å². The lowest BCUT2D eigenvalue weighted by molar-refractivity contribution is -0.0340. The molecule has 0 radical (unpaired) electrons. The minimum Gasteiger partial charge on any atom is -0.393 e. The number of ether oxygens (including phenoxy) is 1. The molecule has 0 bridgehead atoms. The molecule has 2 aromatic rings.